The van der Waals surface area contributed by atoms with Crippen LogP contribution in [-0.4, -0.2) is 84.1 Å². The molecule has 120 valence electrons. The van der Waals surface area contributed by atoms with Gasteiger partial charge in [0.1, 0.15) is 11.1 Å². The molecule has 3 heterocycles. The monoisotopic (exact) mass is 320 g/mol. The minimum absolute atomic E-state index is 0.138. The van der Waals surface area contributed by atoms with E-state index in [1.807, 2.05) is 19.2 Å². The first kappa shape index (κ1) is 15.6. The van der Waals surface area contributed by atoms with Gasteiger partial charge in [-0.05, 0) is 25.6 Å². The normalized spacial score (nSPS) is 23.8. The van der Waals surface area contributed by atoms with Gasteiger partial charge in [-0.25, -0.2) is 4.98 Å². The number of likely N-dealkylation sites (N-methyl/N-ethyl adjacent to an activating group) is 2. The van der Waals surface area contributed by atoms with Gasteiger partial charge < -0.3 is 19.4 Å². The number of rotatable bonds is 3. The van der Waals surface area contributed by atoms with Gasteiger partial charge in [-0.15, -0.1) is 0 Å². The van der Waals surface area contributed by atoms with Crippen molar-refractivity contribution in [3.8, 4) is 5.88 Å². The van der Waals surface area contributed by atoms with Crippen LogP contribution in [0.1, 0.15) is 12.0 Å². The summed E-state index contributed by atoms with van der Waals surface area (Å²) in [6, 6.07) is 3.90. The van der Waals surface area contributed by atoms with Crippen molar-refractivity contribution in [1.82, 2.24) is 19.7 Å². The molecule has 0 N–H and O–H groups in total. The van der Waals surface area contributed by atoms with E-state index in [0.29, 0.717) is 5.88 Å². The number of fused-ring (bicyclic) bond motifs is 1. The summed E-state index contributed by atoms with van der Waals surface area (Å²) >= 11 is 5.54. The van der Waals surface area contributed by atoms with Crippen LogP contribution in [-0.2, 0) is 0 Å². The molecule has 3 rings (SSSR count). The molecule has 0 aliphatic carbocycles. The minimum Gasteiger partial charge on any atom is -0.472 e. The van der Waals surface area contributed by atoms with Crippen LogP contribution in [0.25, 0.3) is 0 Å². The second-order valence-corrected chi connectivity index (χ2v) is 6.60. The third kappa shape index (κ3) is 3.56. The summed E-state index contributed by atoms with van der Waals surface area (Å²) in [7, 11) is 4.22. The zero-order chi connectivity index (χ0) is 15.5. The number of aromatic nitrogens is 1. The van der Waals surface area contributed by atoms with E-state index in [0.717, 1.165) is 56.2 Å². The van der Waals surface area contributed by atoms with Gasteiger partial charge >= 0.3 is 0 Å². The van der Waals surface area contributed by atoms with Gasteiger partial charge in [0, 0.05) is 46.0 Å². The number of thiocarbonyl (C=S) groups is 1. The van der Waals surface area contributed by atoms with Crippen LogP contribution in [0.15, 0.2) is 18.3 Å². The Hall–Kier alpha value is -1.24. The van der Waals surface area contributed by atoms with Crippen LogP contribution in [0.3, 0.4) is 0 Å². The summed E-state index contributed by atoms with van der Waals surface area (Å²) in [5.74, 6) is 0.681. The molecule has 1 saturated heterocycles. The molecule has 5 nitrogen and oxygen atoms in total. The topological polar surface area (TPSA) is 31.8 Å². The average Bonchev–Trinajstić information content (AvgIpc) is 2.65. The molecular weight excluding hydrogens is 296 g/mol. The third-order valence-corrected chi connectivity index (χ3v) is 5.00. The zero-order valence-electron chi connectivity index (χ0n) is 13.4. The Morgan fingerprint density at radius 1 is 1.27 bits per heavy atom. The largest absolute Gasteiger partial charge is 0.472 e. The van der Waals surface area contributed by atoms with E-state index >= 15 is 0 Å². The van der Waals surface area contributed by atoms with E-state index in [-0.39, 0.29) is 6.10 Å². The Morgan fingerprint density at radius 3 is 2.82 bits per heavy atom. The highest BCUT2D eigenvalue weighted by atomic mass is 32.1. The molecule has 0 aromatic carbocycles. The second-order valence-electron chi connectivity index (χ2n) is 6.22. The van der Waals surface area contributed by atoms with Crippen molar-refractivity contribution in [3.63, 3.8) is 0 Å². The van der Waals surface area contributed by atoms with Crippen LogP contribution in [0.5, 0.6) is 5.88 Å². The van der Waals surface area contributed by atoms with Gasteiger partial charge in [-0.2, -0.15) is 0 Å². The molecule has 0 spiro atoms. The molecule has 0 bridgehead atoms. The maximum atomic E-state index is 6.13. The molecule has 0 amide bonds. The zero-order valence-corrected chi connectivity index (χ0v) is 14.2. The standard InChI is InChI=1S/C16H24N4OS/c1-18-8-10-20(11-9-18)7-5-13-12-19(2)16(22)14-4-3-6-17-15(14)21-13/h3-4,6,13H,5,7-12H2,1-2H3. The quantitative estimate of drug-likeness (QED) is 0.775. The molecule has 6 heteroatoms. The van der Waals surface area contributed by atoms with Crippen LogP contribution in [0.2, 0.25) is 0 Å². The van der Waals surface area contributed by atoms with Crippen molar-refractivity contribution in [2.45, 2.75) is 12.5 Å². The summed E-state index contributed by atoms with van der Waals surface area (Å²) in [5, 5.41) is 0. The first-order chi connectivity index (χ1) is 10.6. The Balaban J connectivity index is 1.62. The number of ether oxygens (including phenoxy) is 1. The molecule has 22 heavy (non-hydrogen) atoms. The first-order valence-corrected chi connectivity index (χ1v) is 8.32. The fourth-order valence-corrected chi connectivity index (χ4v) is 3.21. The summed E-state index contributed by atoms with van der Waals surface area (Å²) in [5.41, 5.74) is 0.932. The predicted octanol–water partition coefficient (Wildman–Crippen LogP) is 1.09. The molecule has 0 saturated carbocycles. The van der Waals surface area contributed by atoms with E-state index < -0.39 is 0 Å². The fourth-order valence-electron chi connectivity index (χ4n) is 2.98. The maximum absolute atomic E-state index is 6.13. The van der Waals surface area contributed by atoms with Crippen molar-refractivity contribution in [1.29, 1.82) is 0 Å². The minimum atomic E-state index is 0.138. The molecule has 1 fully saturated rings. The van der Waals surface area contributed by atoms with Crippen LogP contribution < -0.4 is 4.74 Å². The number of pyridine rings is 1. The van der Waals surface area contributed by atoms with Gasteiger partial charge in [0.2, 0.25) is 5.88 Å². The molecule has 1 aromatic rings. The Kier molecular flexibility index (Phi) is 4.90. The van der Waals surface area contributed by atoms with Crippen molar-refractivity contribution in [2.24, 2.45) is 0 Å². The highest BCUT2D eigenvalue weighted by Gasteiger charge is 2.25. The van der Waals surface area contributed by atoms with E-state index in [4.69, 9.17) is 17.0 Å². The lowest BCUT2D eigenvalue weighted by atomic mass is 10.2. The average molecular weight is 320 g/mol. The lowest BCUT2D eigenvalue weighted by Gasteiger charge is -2.33. The maximum Gasteiger partial charge on any atom is 0.224 e. The van der Waals surface area contributed by atoms with Gasteiger partial charge in [0.05, 0.1) is 12.1 Å². The summed E-state index contributed by atoms with van der Waals surface area (Å²) in [6.07, 6.45) is 2.91. The molecule has 2 aliphatic rings. The Morgan fingerprint density at radius 2 is 2.05 bits per heavy atom. The van der Waals surface area contributed by atoms with Crippen molar-refractivity contribution < 1.29 is 4.74 Å². The Bertz CT molecular complexity index is 531. The van der Waals surface area contributed by atoms with Crippen LogP contribution in [0.4, 0.5) is 0 Å². The van der Waals surface area contributed by atoms with Crippen LogP contribution >= 0.6 is 12.2 Å². The van der Waals surface area contributed by atoms with Crippen molar-refractivity contribution in [3.05, 3.63) is 23.9 Å². The molecule has 1 atom stereocenters. The van der Waals surface area contributed by atoms with Crippen molar-refractivity contribution >= 4 is 17.2 Å². The molecule has 1 unspecified atom stereocenters. The van der Waals surface area contributed by atoms with E-state index in [1.165, 1.54) is 0 Å². The smallest absolute Gasteiger partial charge is 0.224 e. The number of nitrogens with zero attached hydrogens (tertiary/aromatic N) is 4. The summed E-state index contributed by atoms with van der Waals surface area (Å²) in [4.78, 5) is 12.2. The van der Waals surface area contributed by atoms with Gasteiger partial charge in [-0.1, -0.05) is 12.2 Å². The molecular formula is C16H24N4OS. The van der Waals surface area contributed by atoms with Gasteiger partial charge in [0.15, 0.2) is 0 Å². The number of hydrogen-bond donors (Lipinski definition) is 0. The molecule has 2 aliphatic heterocycles. The highest BCUT2D eigenvalue weighted by molar-refractivity contribution is 7.80. The van der Waals surface area contributed by atoms with E-state index in [2.05, 4.69) is 26.7 Å². The van der Waals surface area contributed by atoms with Gasteiger partial charge in [-0.3, -0.25) is 0 Å². The number of piperazine rings is 1. The predicted molar refractivity (Wildman–Crippen MR) is 91.5 cm³/mol. The van der Waals surface area contributed by atoms with E-state index in [9.17, 15) is 0 Å². The first-order valence-electron chi connectivity index (χ1n) is 7.91. The lowest BCUT2D eigenvalue weighted by Crippen LogP contribution is -2.46. The summed E-state index contributed by atoms with van der Waals surface area (Å²) in [6.45, 7) is 6.49. The summed E-state index contributed by atoms with van der Waals surface area (Å²) < 4.78 is 6.13. The number of hydrogen-bond acceptors (Lipinski definition) is 5. The molecule has 1 aromatic heterocycles. The molecule has 0 radical (unpaired) electrons. The van der Waals surface area contributed by atoms with Crippen LogP contribution in [0, 0.1) is 0 Å². The van der Waals surface area contributed by atoms with E-state index in [1.54, 1.807) is 6.20 Å². The van der Waals surface area contributed by atoms with Crippen molar-refractivity contribution in [2.75, 3.05) is 53.4 Å². The van der Waals surface area contributed by atoms with Gasteiger partial charge in [0.25, 0.3) is 0 Å². The SMILES string of the molecule is CN1CCN(CCC2CN(C)C(=S)c3cccnc3O2)CC1. The second kappa shape index (κ2) is 6.89. The highest BCUT2D eigenvalue weighted by Crippen LogP contribution is 2.23. The third-order valence-electron chi connectivity index (χ3n) is 4.47. The Labute approximate surface area is 137 Å². The fraction of sp³-hybridized carbons (Fsp3) is 0.625. The lowest BCUT2D eigenvalue weighted by molar-refractivity contribution is 0.115.